The van der Waals surface area contributed by atoms with Gasteiger partial charge < -0.3 is 10.6 Å². The lowest BCUT2D eigenvalue weighted by Gasteiger charge is -2.35. The summed E-state index contributed by atoms with van der Waals surface area (Å²) in [7, 11) is 0. The molecule has 1 atom stereocenters. The van der Waals surface area contributed by atoms with Crippen molar-refractivity contribution >= 4 is 5.95 Å². The molecule has 1 aromatic rings. The van der Waals surface area contributed by atoms with Crippen LogP contribution in [-0.4, -0.2) is 29.1 Å². The molecule has 4 heteroatoms. The van der Waals surface area contributed by atoms with Crippen molar-refractivity contribution in [1.82, 2.24) is 9.97 Å². The fraction of sp³-hybridized carbons (Fsp3) is 0.667. The summed E-state index contributed by atoms with van der Waals surface area (Å²) in [6, 6.07) is 0.413. The Morgan fingerprint density at radius 2 is 2.25 bits per heavy atom. The van der Waals surface area contributed by atoms with Gasteiger partial charge >= 0.3 is 0 Å². The molecule has 0 spiro atoms. The number of hydrogen-bond donors (Lipinski definition) is 1. The fourth-order valence-electron chi connectivity index (χ4n) is 2.16. The van der Waals surface area contributed by atoms with E-state index in [4.69, 9.17) is 5.73 Å². The van der Waals surface area contributed by atoms with Gasteiger partial charge in [-0.05, 0) is 38.7 Å². The minimum Gasteiger partial charge on any atom is -0.337 e. The van der Waals surface area contributed by atoms with Crippen LogP contribution in [0.25, 0.3) is 0 Å². The molecule has 1 saturated heterocycles. The smallest absolute Gasteiger partial charge is 0.225 e. The SMILES string of the molecule is Cc1cnc(N2CCCCC2CN)nc1C. The first-order valence-electron chi connectivity index (χ1n) is 5.99. The maximum atomic E-state index is 5.80. The zero-order valence-electron chi connectivity index (χ0n) is 10.1. The third-order valence-electron chi connectivity index (χ3n) is 3.37. The highest BCUT2D eigenvalue weighted by Gasteiger charge is 2.23. The third-order valence-corrected chi connectivity index (χ3v) is 3.37. The van der Waals surface area contributed by atoms with Crippen LogP contribution in [0.2, 0.25) is 0 Å². The monoisotopic (exact) mass is 220 g/mol. The summed E-state index contributed by atoms with van der Waals surface area (Å²) in [6.07, 6.45) is 5.54. The molecule has 1 aromatic heterocycles. The van der Waals surface area contributed by atoms with E-state index in [1.54, 1.807) is 0 Å². The molecule has 4 nitrogen and oxygen atoms in total. The van der Waals surface area contributed by atoms with Gasteiger partial charge in [0.05, 0.1) is 0 Å². The molecule has 0 aliphatic carbocycles. The number of nitrogens with two attached hydrogens (primary N) is 1. The molecular formula is C12H20N4. The van der Waals surface area contributed by atoms with Crippen molar-refractivity contribution in [2.45, 2.75) is 39.2 Å². The van der Waals surface area contributed by atoms with Crippen LogP contribution in [0.5, 0.6) is 0 Å². The van der Waals surface area contributed by atoms with E-state index in [2.05, 4.69) is 14.9 Å². The zero-order valence-corrected chi connectivity index (χ0v) is 10.1. The van der Waals surface area contributed by atoms with Crippen LogP contribution >= 0.6 is 0 Å². The Balaban J connectivity index is 2.23. The van der Waals surface area contributed by atoms with E-state index < -0.39 is 0 Å². The van der Waals surface area contributed by atoms with E-state index in [-0.39, 0.29) is 0 Å². The average Bonchev–Trinajstić information content (AvgIpc) is 2.32. The summed E-state index contributed by atoms with van der Waals surface area (Å²) in [4.78, 5) is 11.2. The Morgan fingerprint density at radius 1 is 1.44 bits per heavy atom. The van der Waals surface area contributed by atoms with Crippen molar-refractivity contribution in [2.24, 2.45) is 5.73 Å². The van der Waals surface area contributed by atoms with Gasteiger partial charge in [-0.1, -0.05) is 0 Å². The summed E-state index contributed by atoms with van der Waals surface area (Å²) in [6.45, 7) is 5.79. The number of nitrogens with zero attached hydrogens (tertiary/aromatic N) is 3. The molecule has 0 amide bonds. The molecule has 1 aliphatic heterocycles. The number of aromatic nitrogens is 2. The second kappa shape index (κ2) is 4.78. The molecule has 2 heterocycles. The Kier molecular flexibility index (Phi) is 3.39. The first-order valence-corrected chi connectivity index (χ1v) is 5.99. The summed E-state index contributed by atoms with van der Waals surface area (Å²) in [5.74, 6) is 0.846. The summed E-state index contributed by atoms with van der Waals surface area (Å²) in [5, 5.41) is 0. The van der Waals surface area contributed by atoms with Crippen LogP contribution in [0.1, 0.15) is 30.5 Å². The van der Waals surface area contributed by atoms with Gasteiger partial charge in [0.15, 0.2) is 0 Å². The minimum absolute atomic E-state index is 0.413. The molecule has 2 N–H and O–H groups in total. The van der Waals surface area contributed by atoms with Crippen LogP contribution < -0.4 is 10.6 Å². The highest BCUT2D eigenvalue weighted by molar-refractivity contribution is 5.34. The molecule has 1 aliphatic rings. The van der Waals surface area contributed by atoms with Gasteiger partial charge in [0.1, 0.15) is 0 Å². The predicted molar refractivity (Wildman–Crippen MR) is 65.5 cm³/mol. The lowest BCUT2D eigenvalue weighted by molar-refractivity contribution is 0.458. The highest BCUT2D eigenvalue weighted by Crippen LogP contribution is 2.21. The van der Waals surface area contributed by atoms with Crippen LogP contribution in [0.15, 0.2) is 6.20 Å². The first-order chi connectivity index (χ1) is 7.72. The van der Waals surface area contributed by atoms with Gasteiger partial charge in [-0.25, -0.2) is 9.97 Å². The fourth-order valence-corrected chi connectivity index (χ4v) is 2.16. The number of piperidine rings is 1. The van der Waals surface area contributed by atoms with E-state index >= 15 is 0 Å². The number of hydrogen-bond acceptors (Lipinski definition) is 4. The maximum absolute atomic E-state index is 5.80. The molecule has 0 radical (unpaired) electrons. The topological polar surface area (TPSA) is 55.0 Å². The Labute approximate surface area is 96.9 Å². The van der Waals surface area contributed by atoms with Crippen molar-refractivity contribution in [3.05, 3.63) is 17.5 Å². The Hall–Kier alpha value is -1.16. The maximum Gasteiger partial charge on any atom is 0.225 e. The van der Waals surface area contributed by atoms with Crippen molar-refractivity contribution in [2.75, 3.05) is 18.0 Å². The number of anilines is 1. The molecule has 88 valence electrons. The van der Waals surface area contributed by atoms with Gasteiger partial charge in [-0.3, -0.25) is 0 Å². The number of rotatable bonds is 2. The van der Waals surface area contributed by atoms with Crippen LogP contribution in [0.4, 0.5) is 5.95 Å². The van der Waals surface area contributed by atoms with Gasteiger partial charge in [0.25, 0.3) is 0 Å². The number of aryl methyl sites for hydroxylation is 2. The van der Waals surface area contributed by atoms with Crippen molar-refractivity contribution in [1.29, 1.82) is 0 Å². The van der Waals surface area contributed by atoms with Gasteiger partial charge in [0.2, 0.25) is 5.95 Å². The standard InChI is InChI=1S/C12H20N4/c1-9-8-14-12(15-10(9)2)16-6-4-3-5-11(16)7-13/h8,11H,3-7,13H2,1-2H3. The normalized spacial score (nSPS) is 21.2. The molecule has 16 heavy (non-hydrogen) atoms. The first kappa shape index (κ1) is 11.3. The molecule has 0 saturated carbocycles. The van der Waals surface area contributed by atoms with Crippen molar-refractivity contribution in [3.8, 4) is 0 Å². The van der Waals surface area contributed by atoms with Gasteiger partial charge in [-0.15, -0.1) is 0 Å². The highest BCUT2D eigenvalue weighted by atomic mass is 15.3. The van der Waals surface area contributed by atoms with E-state index in [9.17, 15) is 0 Å². The van der Waals surface area contributed by atoms with E-state index in [1.165, 1.54) is 12.8 Å². The van der Waals surface area contributed by atoms with Crippen molar-refractivity contribution < 1.29 is 0 Å². The molecule has 1 fully saturated rings. The summed E-state index contributed by atoms with van der Waals surface area (Å²) in [5.41, 5.74) is 8.01. The lowest BCUT2D eigenvalue weighted by Crippen LogP contribution is -2.45. The second-order valence-electron chi connectivity index (χ2n) is 4.52. The van der Waals surface area contributed by atoms with Crippen LogP contribution in [-0.2, 0) is 0 Å². The molecule has 2 rings (SSSR count). The van der Waals surface area contributed by atoms with Crippen LogP contribution in [0.3, 0.4) is 0 Å². The summed E-state index contributed by atoms with van der Waals surface area (Å²) >= 11 is 0. The molecule has 0 bridgehead atoms. The largest absolute Gasteiger partial charge is 0.337 e. The zero-order chi connectivity index (χ0) is 11.5. The van der Waals surface area contributed by atoms with E-state index in [0.29, 0.717) is 12.6 Å². The third kappa shape index (κ3) is 2.16. The van der Waals surface area contributed by atoms with Gasteiger partial charge in [0, 0.05) is 31.0 Å². The Morgan fingerprint density at radius 3 is 2.94 bits per heavy atom. The Bertz CT molecular complexity index is 364. The van der Waals surface area contributed by atoms with E-state index in [1.807, 2.05) is 20.0 Å². The lowest BCUT2D eigenvalue weighted by atomic mass is 10.0. The minimum atomic E-state index is 0.413. The molecular weight excluding hydrogens is 200 g/mol. The predicted octanol–water partition coefficient (Wildman–Crippen LogP) is 1.41. The quantitative estimate of drug-likeness (QED) is 0.818. The molecule has 1 unspecified atom stereocenters. The van der Waals surface area contributed by atoms with Crippen LogP contribution in [0, 0.1) is 13.8 Å². The summed E-state index contributed by atoms with van der Waals surface area (Å²) < 4.78 is 0. The second-order valence-corrected chi connectivity index (χ2v) is 4.52. The van der Waals surface area contributed by atoms with E-state index in [0.717, 1.165) is 30.2 Å². The van der Waals surface area contributed by atoms with Gasteiger partial charge in [-0.2, -0.15) is 0 Å². The molecule has 0 aromatic carbocycles. The average molecular weight is 220 g/mol. The van der Waals surface area contributed by atoms with Crippen molar-refractivity contribution in [3.63, 3.8) is 0 Å².